The van der Waals surface area contributed by atoms with Gasteiger partial charge in [-0.1, -0.05) is 0 Å². The van der Waals surface area contributed by atoms with Gasteiger partial charge in [0.25, 0.3) is 5.91 Å². The van der Waals surface area contributed by atoms with Crippen LogP contribution in [-0.2, 0) is 9.53 Å². The van der Waals surface area contributed by atoms with Gasteiger partial charge < -0.3 is 19.5 Å². The van der Waals surface area contributed by atoms with Crippen LogP contribution in [0.15, 0.2) is 35.2 Å². The zero-order valence-corrected chi connectivity index (χ0v) is 16.7. The molecule has 8 heteroatoms. The Morgan fingerprint density at radius 3 is 2.71 bits per heavy atom. The molecule has 1 aliphatic heterocycles. The van der Waals surface area contributed by atoms with E-state index in [2.05, 4.69) is 5.32 Å². The Hall–Kier alpha value is -2.61. The van der Waals surface area contributed by atoms with E-state index in [1.165, 1.54) is 18.4 Å². The molecule has 0 atom stereocenters. The molecule has 1 aliphatic rings. The number of rotatable bonds is 7. The van der Waals surface area contributed by atoms with Gasteiger partial charge >= 0.3 is 5.97 Å². The molecule has 1 fully saturated rings. The third-order valence-electron chi connectivity index (χ3n) is 5.02. The largest absolute Gasteiger partial charge is 0.464 e. The number of methoxy groups -OCH3 is 1. The molecule has 2 amide bonds. The van der Waals surface area contributed by atoms with Crippen molar-refractivity contribution < 1.29 is 19.1 Å². The molecule has 28 heavy (non-hydrogen) atoms. The number of thiophene rings is 1. The van der Waals surface area contributed by atoms with E-state index in [1.807, 2.05) is 27.1 Å². The van der Waals surface area contributed by atoms with Crippen molar-refractivity contribution >= 4 is 29.1 Å². The molecule has 0 saturated carbocycles. The number of ether oxygens (including phenoxy) is 1. The molecule has 2 aromatic rings. The summed E-state index contributed by atoms with van der Waals surface area (Å²) >= 11 is 1.48. The van der Waals surface area contributed by atoms with Gasteiger partial charge in [0.2, 0.25) is 5.91 Å². The van der Waals surface area contributed by atoms with Gasteiger partial charge in [0.1, 0.15) is 5.69 Å². The number of likely N-dealkylation sites (tertiary alicyclic amines) is 1. The monoisotopic (exact) mass is 403 g/mol. The van der Waals surface area contributed by atoms with Crippen molar-refractivity contribution in [3.63, 3.8) is 0 Å². The van der Waals surface area contributed by atoms with Gasteiger partial charge in [-0.25, -0.2) is 4.79 Å². The number of nitrogens with zero attached hydrogens (tertiary/aromatic N) is 2. The summed E-state index contributed by atoms with van der Waals surface area (Å²) in [5, 5.41) is 6.51. The first kappa shape index (κ1) is 20.1. The Kier molecular flexibility index (Phi) is 6.86. The minimum absolute atomic E-state index is 0.0948. The summed E-state index contributed by atoms with van der Waals surface area (Å²) in [6, 6.07) is 5.58. The second kappa shape index (κ2) is 9.54. The number of carbonyl (C=O) groups excluding carboxylic acids is 3. The Morgan fingerprint density at radius 2 is 2.04 bits per heavy atom. The van der Waals surface area contributed by atoms with E-state index in [0.29, 0.717) is 43.7 Å². The van der Waals surface area contributed by atoms with Gasteiger partial charge in [-0.05, 0) is 42.8 Å². The minimum Gasteiger partial charge on any atom is -0.464 e. The zero-order valence-electron chi connectivity index (χ0n) is 15.9. The molecule has 7 nitrogen and oxygen atoms in total. The van der Waals surface area contributed by atoms with Crippen LogP contribution in [0.25, 0.3) is 0 Å². The lowest BCUT2D eigenvalue weighted by molar-refractivity contribution is -0.132. The van der Waals surface area contributed by atoms with Crippen molar-refractivity contribution in [2.45, 2.75) is 31.7 Å². The average molecular weight is 404 g/mol. The lowest BCUT2D eigenvalue weighted by Gasteiger charge is -2.33. The number of aromatic nitrogens is 1. The van der Waals surface area contributed by atoms with Crippen LogP contribution in [0.3, 0.4) is 0 Å². The molecule has 0 radical (unpaired) electrons. The van der Waals surface area contributed by atoms with E-state index in [-0.39, 0.29) is 23.8 Å². The fourth-order valence-corrected chi connectivity index (χ4v) is 4.11. The number of hydrogen-bond donors (Lipinski definition) is 1. The minimum atomic E-state index is -0.340. The second-order valence-electron chi connectivity index (χ2n) is 6.78. The second-order valence-corrected chi connectivity index (χ2v) is 7.56. The molecule has 0 bridgehead atoms. The molecule has 3 heterocycles. The maximum absolute atomic E-state index is 12.4. The highest BCUT2D eigenvalue weighted by molar-refractivity contribution is 7.08. The molecule has 0 spiro atoms. The molecular formula is C20H25N3O4S. The maximum Gasteiger partial charge on any atom is 0.354 e. The first-order valence-corrected chi connectivity index (χ1v) is 10.4. The van der Waals surface area contributed by atoms with Crippen molar-refractivity contribution in [1.29, 1.82) is 0 Å². The summed E-state index contributed by atoms with van der Waals surface area (Å²) in [6.45, 7) is 1.83. The lowest BCUT2D eigenvalue weighted by Crippen LogP contribution is -2.39. The summed E-state index contributed by atoms with van der Waals surface area (Å²) < 4.78 is 6.78. The summed E-state index contributed by atoms with van der Waals surface area (Å²) in [5.41, 5.74) is 1.21. The molecule has 2 aromatic heterocycles. The van der Waals surface area contributed by atoms with Gasteiger partial charge in [-0.2, -0.15) is 11.3 Å². The third-order valence-corrected chi connectivity index (χ3v) is 5.70. The quantitative estimate of drug-likeness (QED) is 0.569. The Bertz CT molecular complexity index is 807. The smallest absolute Gasteiger partial charge is 0.354 e. The van der Waals surface area contributed by atoms with Crippen molar-refractivity contribution in [1.82, 2.24) is 14.8 Å². The van der Waals surface area contributed by atoms with Gasteiger partial charge in [-0.3, -0.25) is 9.59 Å². The summed E-state index contributed by atoms with van der Waals surface area (Å²) in [5.74, 6) is -0.320. The van der Waals surface area contributed by atoms with Crippen LogP contribution in [0.5, 0.6) is 0 Å². The van der Waals surface area contributed by atoms with Crippen molar-refractivity contribution in [2.75, 3.05) is 26.7 Å². The highest BCUT2D eigenvalue weighted by atomic mass is 32.1. The molecule has 150 valence electrons. The molecule has 0 unspecified atom stereocenters. The maximum atomic E-state index is 12.4. The zero-order chi connectivity index (χ0) is 19.9. The number of nitrogens with one attached hydrogen (secondary N) is 1. The highest BCUT2D eigenvalue weighted by Gasteiger charge is 2.25. The van der Waals surface area contributed by atoms with E-state index >= 15 is 0 Å². The first-order chi connectivity index (χ1) is 13.6. The number of carbonyl (C=O) groups is 3. The van der Waals surface area contributed by atoms with Crippen molar-refractivity contribution in [3.05, 3.63) is 46.4 Å². The van der Waals surface area contributed by atoms with E-state index < -0.39 is 0 Å². The number of piperidine rings is 1. The molecule has 1 N–H and O–H groups in total. The topological polar surface area (TPSA) is 80.6 Å². The summed E-state index contributed by atoms with van der Waals surface area (Å²) in [7, 11) is 1.38. The predicted molar refractivity (Wildman–Crippen MR) is 107 cm³/mol. The summed E-state index contributed by atoms with van der Waals surface area (Å²) in [4.78, 5) is 38.0. The van der Waals surface area contributed by atoms with Gasteiger partial charge in [0, 0.05) is 49.2 Å². The van der Waals surface area contributed by atoms with E-state index in [9.17, 15) is 14.4 Å². The Morgan fingerprint density at radius 1 is 1.25 bits per heavy atom. The van der Waals surface area contributed by atoms with E-state index in [4.69, 9.17) is 4.74 Å². The molecule has 3 rings (SSSR count). The van der Waals surface area contributed by atoms with Crippen LogP contribution in [0.2, 0.25) is 0 Å². The molecule has 1 saturated heterocycles. The lowest BCUT2D eigenvalue weighted by atomic mass is 10.0. The number of hydrogen-bond acceptors (Lipinski definition) is 5. The molecular weight excluding hydrogens is 378 g/mol. The van der Waals surface area contributed by atoms with Gasteiger partial charge in [0.05, 0.1) is 7.11 Å². The van der Waals surface area contributed by atoms with Crippen molar-refractivity contribution in [2.24, 2.45) is 0 Å². The van der Waals surface area contributed by atoms with E-state index in [0.717, 1.165) is 12.8 Å². The van der Waals surface area contributed by atoms with Crippen LogP contribution >= 0.6 is 11.3 Å². The SMILES string of the molecule is COC(=O)c1cccn1C1CCN(C(=O)CCCNC(=O)c2ccsc2)CC1. The standard InChI is InChI=1S/C20H25N3O4S/c1-27-20(26)17-4-3-10-23(17)16-6-11-22(12-7-16)18(24)5-2-9-21-19(25)15-8-13-28-14-15/h3-4,8,10,13-14,16H,2,5-7,9,11-12H2,1H3,(H,21,25). The average Bonchev–Trinajstić information content (AvgIpc) is 3.42. The Balaban J connectivity index is 1.40. The van der Waals surface area contributed by atoms with Crippen LogP contribution in [0.1, 0.15) is 52.6 Å². The third kappa shape index (κ3) is 4.81. The number of esters is 1. The summed E-state index contributed by atoms with van der Waals surface area (Å²) in [6.07, 6.45) is 4.55. The highest BCUT2D eigenvalue weighted by Crippen LogP contribution is 2.25. The predicted octanol–water partition coefficient (Wildman–Crippen LogP) is 2.71. The van der Waals surface area contributed by atoms with Gasteiger partial charge in [-0.15, -0.1) is 0 Å². The fraction of sp³-hybridized carbons (Fsp3) is 0.450. The van der Waals surface area contributed by atoms with Crippen LogP contribution in [-0.4, -0.2) is 54.0 Å². The molecule has 0 aliphatic carbocycles. The van der Waals surface area contributed by atoms with Gasteiger partial charge in [0.15, 0.2) is 0 Å². The Labute approximate surface area is 168 Å². The fourth-order valence-electron chi connectivity index (χ4n) is 3.48. The van der Waals surface area contributed by atoms with Crippen LogP contribution in [0.4, 0.5) is 0 Å². The van der Waals surface area contributed by atoms with Crippen LogP contribution < -0.4 is 5.32 Å². The van der Waals surface area contributed by atoms with E-state index in [1.54, 1.807) is 17.5 Å². The number of amides is 2. The molecule has 0 aromatic carbocycles. The van der Waals surface area contributed by atoms with Crippen LogP contribution in [0, 0.1) is 0 Å². The van der Waals surface area contributed by atoms with Crippen molar-refractivity contribution in [3.8, 4) is 0 Å². The first-order valence-electron chi connectivity index (χ1n) is 9.43. The normalized spacial score (nSPS) is 14.7.